The number of alkyl halides is 6. The minimum atomic E-state index is -5.08. The highest BCUT2D eigenvalue weighted by Gasteiger charge is 2.46. The van der Waals surface area contributed by atoms with E-state index in [1.165, 1.54) is 64.8 Å². The van der Waals surface area contributed by atoms with Crippen molar-refractivity contribution < 1.29 is 55.6 Å². The third kappa shape index (κ3) is 12.5. The molecule has 0 aromatic heterocycles. The summed E-state index contributed by atoms with van der Waals surface area (Å²) in [5, 5.41) is 14.2. The van der Waals surface area contributed by atoms with Crippen LogP contribution >= 0.6 is 0 Å². The van der Waals surface area contributed by atoms with Crippen molar-refractivity contribution in [2.45, 2.75) is 57.0 Å². The van der Waals surface area contributed by atoms with Crippen LogP contribution in [0, 0.1) is 5.41 Å². The van der Waals surface area contributed by atoms with Crippen LogP contribution in [-0.2, 0) is 19.1 Å². The van der Waals surface area contributed by atoms with Crippen LogP contribution in [0.15, 0.2) is 12.7 Å². The summed E-state index contributed by atoms with van der Waals surface area (Å²) in [6.45, 7) is 13.5. The number of carboxylic acids is 2. The number of ether oxygens (including phenoxy) is 2. The first kappa shape index (κ1) is 33.1. The first-order valence-electron chi connectivity index (χ1n) is 12.1. The highest BCUT2D eigenvalue weighted by molar-refractivity contribution is 5.73. The van der Waals surface area contributed by atoms with E-state index in [4.69, 9.17) is 29.3 Å². The molecule has 0 aromatic rings. The molecule has 0 aromatic carbocycles. The number of aliphatic carboxylic acids is 2. The number of nitrogens with zero attached hydrogens (tertiary/aromatic N) is 2. The average molecular weight is 551 g/mol. The molecule has 8 nitrogen and oxygen atoms in total. The van der Waals surface area contributed by atoms with E-state index in [2.05, 4.69) is 16.4 Å². The molecular weight excluding hydrogens is 514 g/mol. The summed E-state index contributed by atoms with van der Waals surface area (Å²) in [6, 6.07) is 0. The Hall–Kier alpha value is -1.90. The summed E-state index contributed by atoms with van der Waals surface area (Å²) < 4.78 is 75.5. The Labute approximate surface area is 212 Å². The van der Waals surface area contributed by atoms with Crippen LogP contribution in [-0.4, -0.2) is 109 Å². The van der Waals surface area contributed by atoms with Crippen molar-refractivity contribution in [3.63, 3.8) is 0 Å². The fourth-order valence-electron chi connectivity index (χ4n) is 4.60. The molecule has 37 heavy (non-hydrogen) atoms. The number of hydrogen-bond donors (Lipinski definition) is 2. The molecule has 2 atom stereocenters. The van der Waals surface area contributed by atoms with Gasteiger partial charge in [-0.2, -0.15) is 26.3 Å². The van der Waals surface area contributed by atoms with Crippen molar-refractivity contribution >= 4 is 11.9 Å². The Kier molecular flexibility index (Phi) is 13.9. The van der Waals surface area contributed by atoms with Gasteiger partial charge in [-0.15, -0.1) is 6.58 Å². The van der Waals surface area contributed by atoms with Crippen LogP contribution in [0.2, 0.25) is 0 Å². The van der Waals surface area contributed by atoms with Gasteiger partial charge in [0.1, 0.15) is 0 Å². The predicted octanol–water partition coefficient (Wildman–Crippen LogP) is 3.81. The van der Waals surface area contributed by atoms with Gasteiger partial charge in [0.05, 0.1) is 19.3 Å². The molecule has 2 N–H and O–H groups in total. The van der Waals surface area contributed by atoms with Gasteiger partial charge in [-0.3, -0.25) is 0 Å². The maximum atomic E-state index is 10.6. The number of piperidine rings is 2. The second-order valence-corrected chi connectivity index (χ2v) is 9.20. The lowest BCUT2D eigenvalue weighted by Crippen LogP contribution is -2.57. The number of rotatable bonds is 7. The van der Waals surface area contributed by atoms with Gasteiger partial charge < -0.3 is 29.5 Å². The summed E-state index contributed by atoms with van der Waals surface area (Å²) in [5.74, 6) is -5.51. The summed E-state index contributed by atoms with van der Waals surface area (Å²) in [4.78, 5) is 23.1. The van der Waals surface area contributed by atoms with Crippen molar-refractivity contribution in [1.82, 2.24) is 9.80 Å². The molecule has 3 saturated heterocycles. The summed E-state index contributed by atoms with van der Waals surface area (Å²) >= 11 is 0. The van der Waals surface area contributed by atoms with Gasteiger partial charge in [-0.05, 0) is 45.2 Å². The first-order valence-corrected chi connectivity index (χ1v) is 12.1. The molecule has 0 bridgehead atoms. The van der Waals surface area contributed by atoms with Crippen LogP contribution in [0.3, 0.4) is 0 Å². The molecule has 216 valence electrons. The van der Waals surface area contributed by atoms with Crippen molar-refractivity contribution in [2.24, 2.45) is 5.41 Å². The number of carbonyl (C=O) groups is 2. The van der Waals surface area contributed by atoms with E-state index in [0.29, 0.717) is 12.7 Å². The maximum absolute atomic E-state index is 10.6. The number of carboxylic acid groups (broad SMARTS) is 2. The molecule has 0 saturated carbocycles. The van der Waals surface area contributed by atoms with Crippen LogP contribution < -0.4 is 0 Å². The number of halogens is 6. The van der Waals surface area contributed by atoms with Gasteiger partial charge >= 0.3 is 24.3 Å². The summed E-state index contributed by atoms with van der Waals surface area (Å²) in [6.07, 6.45) is -0.146. The molecule has 14 heteroatoms. The van der Waals surface area contributed by atoms with Gasteiger partial charge in [0.25, 0.3) is 0 Å². The zero-order valence-corrected chi connectivity index (χ0v) is 20.7. The van der Waals surface area contributed by atoms with E-state index in [9.17, 15) is 26.3 Å². The van der Waals surface area contributed by atoms with Crippen LogP contribution in [0.4, 0.5) is 26.3 Å². The van der Waals surface area contributed by atoms with Crippen LogP contribution in [0.5, 0.6) is 0 Å². The molecule has 2 unspecified atom stereocenters. The normalized spacial score (nSPS) is 25.0. The van der Waals surface area contributed by atoms with Gasteiger partial charge in [0, 0.05) is 38.2 Å². The van der Waals surface area contributed by atoms with E-state index in [0.717, 1.165) is 26.2 Å². The highest BCUT2D eigenvalue weighted by atomic mass is 19.4. The highest BCUT2D eigenvalue weighted by Crippen LogP contribution is 2.40. The zero-order valence-electron chi connectivity index (χ0n) is 20.7. The van der Waals surface area contributed by atoms with E-state index in [1.807, 2.05) is 6.08 Å². The second-order valence-electron chi connectivity index (χ2n) is 9.20. The molecule has 0 amide bonds. The number of likely N-dealkylation sites (tertiary alicyclic amines) is 2. The summed E-state index contributed by atoms with van der Waals surface area (Å²) in [5.41, 5.74) is 0.210. The van der Waals surface area contributed by atoms with E-state index in [1.54, 1.807) is 0 Å². The Morgan fingerprint density at radius 3 is 2.00 bits per heavy atom. The lowest BCUT2D eigenvalue weighted by atomic mass is 9.73. The minimum absolute atomic E-state index is 0.210. The van der Waals surface area contributed by atoms with Crippen molar-refractivity contribution in [3.05, 3.63) is 12.7 Å². The maximum Gasteiger partial charge on any atom is 0.490 e. The fourth-order valence-corrected chi connectivity index (χ4v) is 4.60. The molecule has 3 aliphatic heterocycles. The van der Waals surface area contributed by atoms with Gasteiger partial charge in [-0.1, -0.05) is 12.5 Å². The average Bonchev–Trinajstić information content (AvgIpc) is 2.83. The Bertz CT molecular complexity index is 691. The molecule has 0 aliphatic carbocycles. The Morgan fingerprint density at radius 1 is 0.946 bits per heavy atom. The Balaban J connectivity index is 0.000000404. The van der Waals surface area contributed by atoms with Crippen molar-refractivity contribution in [3.8, 4) is 0 Å². The zero-order chi connectivity index (χ0) is 28.1. The van der Waals surface area contributed by atoms with Gasteiger partial charge in [0.2, 0.25) is 0 Å². The van der Waals surface area contributed by atoms with Crippen molar-refractivity contribution in [2.75, 3.05) is 59.1 Å². The predicted molar refractivity (Wildman–Crippen MR) is 121 cm³/mol. The molecule has 3 fully saturated rings. The largest absolute Gasteiger partial charge is 0.490 e. The molecular formula is C23H36F6N2O6. The molecule has 0 spiro atoms. The first-order chi connectivity index (χ1) is 17.2. The topological polar surface area (TPSA) is 99.5 Å². The lowest BCUT2D eigenvalue weighted by molar-refractivity contribution is -0.193. The van der Waals surface area contributed by atoms with Crippen LogP contribution in [0.1, 0.15) is 38.5 Å². The molecule has 3 rings (SSSR count). The minimum Gasteiger partial charge on any atom is -0.475 e. The quantitative estimate of drug-likeness (QED) is 0.281. The lowest BCUT2D eigenvalue weighted by Gasteiger charge is -2.50. The molecule has 3 aliphatic rings. The van der Waals surface area contributed by atoms with Gasteiger partial charge in [-0.25, -0.2) is 9.59 Å². The third-order valence-electron chi connectivity index (χ3n) is 6.36. The van der Waals surface area contributed by atoms with E-state index < -0.39 is 24.3 Å². The monoisotopic (exact) mass is 550 g/mol. The van der Waals surface area contributed by atoms with Gasteiger partial charge in [0.15, 0.2) is 0 Å². The third-order valence-corrected chi connectivity index (χ3v) is 6.36. The molecule has 0 radical (unpaired) electrons. The van der Waals surface area contributed by atoms with Crippen molar-refractivity contribution in [1.29, 1.82) is 0 Å². The molecule has 3 heterocycles. The number of hydrogen-bond acceptors (Lipinski definition) is 6. The van der Waals surface area contributed by atoms with E-state index >= 15 is 0 Å². The smallest absolute Gasteiger partial charge is 0.475 e. The SMILES string of the molecule is C=CCOCC12CCCOC1CCN(CCN1CCCCC1)C2.O=C(O)C(F)(F)F.O=C(O)C(F)(F)F. The van der Waals surface area contributed by atoms with Crippen LogP contribution in [0.25, 0.3) is 0 Å². The number of fused-ring (bicyclic) bond motifs is 1. The standard InChI is InChI=1S/C19H34N2O2.2C2HF3O2/c1-2-14-22-17-19-8-6-15-23-18(19)7-11-21(16-19)13-12-20-9-4-3-5-10-20;2*3-2(4,5)1(6)7/h2,18H,1,3-17H2;2*(H,6,7). The van der Waals surface area contributed by atoms with E-state index in [-0.39, 0.29) is 5.41 Å². The fraction of sp³-hybridized carbons (Fsp3) is 0.826. The summed E-state index contributed by atoms with van der Waals surface area (Å²) in [7, 11) is 0. The second kappa shape index (κ2) is 15.5. The Morgan fingerprint density at radius 2 is 1.49 bits per heavy atom.